The van der Waals surface area contributed by atoms with E-state index in [1.807, 2.05) is 48.5 Å². The summed E-state index contributed by atoms with van der Waals surface area (Å²) in [5.41, 5.74) is 0.989. The zero-order valence-corrected chi connectivity index (χ0v) is 14.2. The molecule has 2 atom stereocenters. The lowest BCUT2D eigenvalue weighted by Gasteiger charge is -2.25. The third kappa shape index (κ3) is 3.96. The van der Waals surface area contributed by atoms with Gasteiger partial charge < -0.3 is 15.5 Å². The van der Waals surface area contributed by atoms with E-state index in [4.69, 9.17) is 0 Å². The second-order valence-electron chi connectivity index (χ2n) is 6.10. The topological polar surface area (TPSA) is 74.3 Å². The van der Waals surface area contributed by atoms with Gasteiger partial charge in [0.25, 0.3) is 0 Å². The molecule has 0 aliphatic carbocycles. The first kappa shape index (κ1) is 17.0. The molecule has 2 aromatic rings. The molecule has 0 saturated carbocycles. The zero-order chi connectivity index (χ0) is 17.6. The van der Waals surface area contributed by atoms with Gasteiger partial charge in [0.15, 0.2) is 0 Å². The molecule has 6 nitrogen and oxygen atoms in total. The van der Waals surface area contributed by atoms with Gasteiger partial charge in [-0.1, -0.05) is 36.4 Å². The van der Waals surface area contributed by atoms with E-state index in [0.717, 1.165) is 11.4 Å². The molecular formula is C19H22N4O2. The molecule has 1 aliphatic rings. The van der Waals surface area contributed by atoms with Crippen molar-refractivity contribution in [2.24, 2.45) is 5.92 Å². The Morgan fingerprint density at radius 1 is 1.16 bits per heavy atom. The second-order valence-corrected chi connectivity index (χ2v) is 6.10. The van der Waals surface area contributed by atoms with Crippen LogP contribution in [-0.4, -0.2) is 41.8 Å². The van der Waals surface area contributed by atoms with Crippen LogP contribution in [0.1, 0.15) is 18.0 Å². The smallest absolute Gasteiger partial charge is 0.226 e. The van der Waals surface area contributed by atoms with Crippen molar-refractivity contribution in [3.05, 3.63) is 60.3 Å². The van der Waals surface area contributed by atoms with Gasteiger partial charge >= 0.3 is 0 Å². The number of anilines is 1. The monoisotopic (exact) mass is 338 g/mol. The Morgan fingerprint density at radius 3 is 2.64 bits per heavy atom. The number of hydrogen-bond donors (Lipinski definition) is 2. The summed E-state index contributed by atoms with van der Waals surface area (Å²) in [5.74, 6) is 0.319. The number of amides is 2. The van der Waals surface area contributed by atoms with Crippen LogP contribution < -0.4 is 10.6 Å². The first-order valence-electron chi connectivity index (χ1n) is 8.40. The molecule has 1 saturated heterocycles. The number of nitrogens with one attached hydrogen (secondary N) is 2. The summed E-state index contributed by atoms with van der Waals surface area (Å²) in [4.78, 5) is 30.6. The molecule has 6 heteroatoms. The molecule has 1 aliphatic heterocycles. The van der Waals surface area contributed by atoms with Crippen molar-refractivity contribution in [3.8, 4) is 0 Å². The highest BCUT2D eigenvalue weighted by Gasteiger charge is 2.42. The Bertz CT molecular complexity index is 721. The number of aromatic nitrogens is 1. The molecule has 0 spiro atoms. The minimum absolute atomic E-state index is 0.000568. The Hall–Kier alpha value is -2.89. The molecule has 0 unspecified atom stereocenters. The van der Waals surface area contributed by atoms with Crippen LogP contribution in [0.15, 0.2) is 54.7 Å². The summed E-state index contributed by atoms with van der Waals surface area (Å²) < 4.78 is 0. The fourth-order valence-electron chi connectivity index (χ4n) is 3.19. The quantitative estimate of drug-likeness (QED) is 0.788. The summed E-state index contributed by atoms with van der Waals surface area (Å²) in [6, 6.07) is 15.1. The molecule has 25 heavy (non-hydrogen) atoms. The Morgan fingerprint density at radius 2 is 1.92 bits per heavy atom. The van der Waals surface area contributed by atoms with Crippen LogP contribution >= 0.6 is 0 Å². The summed E-state index contributed by atoms with van der Waals surface area (Å²) >= 11 is 0. The van der Waals surface area contributed by atoms with Crippen molar-refractivity contribution >= 4 is 17.6 Å². The molecule has 1 aromatic carbocycles. The highest BCUT2D eigenvalue weighted by molar-refractivity contribution is 5.90. The van der Waals surface area contributed by atoms with Crippen LogP contribution in [0.3, 0.4) is 0 Å². The predicted octanol–water partition coefficient (Wildman–Crippen LogP) is 1.83. The van der Waals surface area contributed by atoms with E-state index >= 15 is 0 Å². The average molecular weight is 338 g/mol. The van der Waals surface area contributed by atoms with Crippen LogP contribution in [-0.2, 0) is 9.59 Å². The van der Waals surface area contributed by atoms with Crippen molar-refractivity contribution in [2.45, 2.75) is 12.5 Å². The Kier molecular flexibility index (Phi) is 5.28. The zero-order valence-electron chi connectivity index (χ0n) is 14.2. The fraction of sp³-hybridized carbons (Fsp3) is 0.316. The summed E-state index contributed by atoms with van der Waals surface area (Å²) in [6.07, 6.45) is 1.96. The van der Waals surface area contributed by atoms with Gasteiger partial charge in [-0.05, 0) is 17.7 Å². The molecule has 0 bridgehead atoms. The number of pyridine rings is 1. The first-order chi connectivity index (χ1) is 12.2. The molecular weight excluding hydrogens is 316 g/mol. The highest BCUT2D eigenvalue weighted by Crippen LogP contribution is 2.36. The van der Waals surface area contributed by atoms with Gasteiger partial charge in [0.05, 0.1) is 12.0 Å². The van der Waals surface area contributed by atoms with Crippen LogP contribution in [0.25, 0.3) is 0 Å². The van der Waals surface area contributed by atoms with Crippen molar-refractivity contribution in [1.29, 1.82) is 0 Å². The van der Waals surface area contributed by atoms with Crippen LogP contribution in [0.5, 0.6) is 0 Å². The van der Waals surface area contributed by atoms with Crippen molar-refractivity contribution in [2.75, 3.05) is 25.5 Å². The molecule has 2 amide bonds. The van der Waals surface area contributed by atoms with Gasteiger partial charge in [-0.25, -0.2) is 4.98 Å². The van der Waals surface area contributed by atoms with Gasteiger partial charge in [0.2, 0.25) is 11.8 Å². The van der Waals surface area contributed by atoms with E-state index in [2.05, 4.69) is 15.6 Å². The highest BCUT2D eigenvalue weighted by atomic mass is 16.2. The number of hydrogen-bond acceptors (Lipinski definition) is 4. The fourth-order valence-corrected chi connectivity index (χ4v) is 3.19. The third-order valence-corrected chi connectivity index (χ3v) is 4.46. The number of rotatable bonds is 6. The maximum Gasteiger partial charge on any atom is 0.226 e. The minimum Gasteiger partial charge on any atom is -0.368 e. The first-order valence-corrected chi connectivity index (χ1v) is 8.40. The third-order valence-electron chi connectivity index (χ3n) is 4.46. The van der Waals surface area contributed by atoms with E-state index in [1.54, 1.807) is 18.1 Å². The van der Waals surface area contributed by atoms with Gasteiger partial charge in [-0.3, -0.25) is 9.59 Å². The summed E-state index contributed by atoms with van der Waals surface area (Å²) in [6.45, 7) is 1.06. The Labute approximate surface area is 147 Å². The largest absolute Gasteiger partial charge is 0.368 e. The predicted molar refractivity (Wildman–Crippen MR) is 95.8 cm³/mol. The molecule has 2 N–H and O–H groups in total. The molecule has 130 valence electrons. The summed E-state index contributed by atoms with van der Waals surface area (Å²) in [5, 5.41) is 6.08. The molecule has 1 fully saturated rings. The lowest BCUT2D eigenvalue weighted by Crippen LogP contribution is -2.36. The number of likely N-dealkylation sites (tertiary alicyclic amines) is 1. The standard InChI is InChI=1S/C19H22N4O2/c1-23-17(24)13-15(18(23)14-7-3-2-4-8-14)19(25)22-12-11-21-16-9-5-6-10-20-16/h2-10,15,18H,11-13H2,1H3,(H,20,21)(H,22,25)/t15-,18-/m1/s1. The molecule has 1 aromatic heterocycles. The molecule has 2 heterocycles. The Balaban J connectivity index is 1.57. The van der Waals surface area contributed by atoms with E-state index in [-0.39, 0.29) is 30.2 Å². The summed E-state index contributed by atoms with van der Waals surface area (Å²) in [7, 11) is 1.76. The maximum absolute atomic E-state index is 12.6. The van der Waals surface area contributed by atoms with Gasteiger partial charge in [-0.15, -0.1) is 0 Å². The molecule has 3 rings (SSSR count). The number of nitrogens with zero attached hydrogens (tertiary/aromatic N) is 2. The maximum atomic E-state index is 12.6. The van der Waals surface area contributed by atoms with Crippen molar-refractivity contribution in [3.63, 3.8) is 0 Å². The normalized spacial score (nSPS) is 19.7. The van der Waals surface area contributed by atoms with Crippen LogP contribution in [0.4, 0.5) is 5.82 Å². The number of carbonyl (C=O) groups excluding carboxylic acids is 2. The van der Waals surface area contributed by atoms with Crippen molar-refractivity contribution < 1.29 is 9.59 Å². The lowest BCUT2D eigenvalue weighted by atomic mass is 9.93. The average Bonchev–Trinajstić information content (AvgIpc) is 2.95. The van der Waals surface area contributed by atoms with E-state index in [0.29, 0.717) is 13.1 Å². The van der Waals surface area contributed by atoms with Gasteiger partial charge in [0, 0.05) is 32.8 Å². The number of carbonyl (C=O) groups is 2. The van der Waals surface area contributed by atoms with E-state index in [9.17, 15) is 9.59 Å². The lowest BCUT2D eigenvalue weighted by molar-refractivity contribution is -0.128. The SMILES string of the molecule is CN1C(=O)C[C@@H](C(=O)NCCNc2ccccn2)[C@H]1c1ccccc1. The second kappa shape index (κ2) is 7.79. The molecule has 0 radical (unpaired) electrons. The minimum atomic E-state index is -0.366. The van der Waals surface area contributed by atoms with Crippen molar-refractivity contribution in [1.82, 2.24) is 15.2 Å². The van der Waals surface area contributed by atoms with Crippen LogP contribution in [0, 0.1) is 5.92 Å². The van der Waals surface area contributed by atoms with Gasteiger partial charge in [-0.2, -0.15) is 0 Å². The van der Waals surface area contributed by atoms with E-state index in [1.165, 1.54) is 0 Å². The van der Waals surface area contributed by atoms with E-state index < -0.39 is 0 Å². The van der Waals surface area contributed by atoms with Crippen LogP contribution in [0.2, 0.25) is 0 Å². The number of benzene rings is 1. The van der Waals surface area contributed by atoms with Gasteiger partial charge in [0.1, 0.15) is 5.82 Å².